The Morgan fingerprint density at radius 1 is 0.903 bits per heavy atom. The maximum Gasteiger partial charge on any atom is 0.235 e. The summed E-state index contributed by atoms with van der Waals surface area (Å²) in [6.07, 6.45) is 0. The lowest BCUT2D eigenvalue weighted by atomic mass is 10.1. The number of rotatable bonds is 7. The van der Waals surface area contributed by atoms with E-state index in [-0.39, 0.29) is 17.8 Å². The highest BCUT2D eigenvalue weighted by atomic mass is 16.6. The number of methoxy groups -OCH3 is 1. The summed E-state index contributed by atoms with van der Waals surface area (Å²) in [7, 11) is 3.07. The largest absolute Gasteiger partial charge is 0.497 e. The second-order valence-electron chi connectivity index (χ2n) is 6.69. The molecule has 6 heteroatoms. The predicted octanol–water partition coefficient (Wildman–Crippen LogP) is 4.90. The molecule has 0 saturated heterocycles. The van der Waals surface area contributed by atoms with Crippen LogP contribution >= 0.6 is 0 Å². The molecule has 0 radical (unpaired) electrons. The standard InChI is InChI=1S/C25H21NO5/c1-28-19-14-12-17(13-15-19)21(26-29-2)16-30-25-23(27)20-10-6-7-11-22(20)31-24(25)18-8-4-3-5-9-18/h3-15H,16H2,1-2H3/b26-21-. The topological polar surface area (TPSA) is 70.3 Å². The van der Waals surface area contributed by atoms with Gasteiger partial charge in [0.15, 0.2) is 5.76 Å². The Hall–Kier alpha value is -4.06. The molecule has 1 heterocycles. The molecule has 0 fully saturated rings. The van der Waals surface area contributed by atoms with E-state index >= 15 is 0 Å². The third kappa shape index (κ3) is 4.28. The van der Waals surface area contributed by atoms with Crippen molar-refractivity contribution in [2.24, 2.45) is 5.16 Å². The first kappa shape index (κ1) is 20.2. The lowest BCUT2D eigenvalue weighted by Gasteiger charge is -2.13. The molecule has 0 aliphatic rings. The van der Waals surface area contributed by atoms with Crippen LogP contribution in [0.5, 0.6) is 11.5 Å². The number of fused-ring (bicyclic) bond motifs is 1. The van der Waals surface area contributed by atoms with Crippen molar-refractivity contribution in [3.05, 3.63) is 94.6 Å². The Morgan fingerprint density at radius 2 is 1.61 bits per heavy atom. The zero-order valence-electron chi connectivity index (χ0n) is 17.2. The first-order valence-corrected chi connectivity index (χ1v) is 9.69. The molecule has 31 heavy (non-hydrogen) atoms. The SMILES string of the molecule is CO/N=C(/COc1c(-c2ccccc2)oc2ccccc2c1=O)c1ccc(OC)cc1. The van der Waals surface area contributed by atoms with E-state index in [1.807, 2.05) is 60.7 Å². The summed E-state index contributed by atoms with van der Waals surface area (Å²) >= 11 is 0. The van der Waals surface area contributed by atoms with Crippen LogP contribution in [-0.4, -0.2) is 26.5 Å². The average Bonchev–Trinajstić information content (AvgIpc) is 2.83. The number of benzene rings is 3. The Labute approximate surface area is 179 Å². The molecular formula is C25H21NO5. The molecule has 6 nitrogen and oxygen atoms in total. The third-order valence-electron chi connectivity index (χ3n) is 4.77. The highest BCUT2D eigenvalue weighted by Gasteiger charge is 2.19. The molecule has 0 aliphatic heterocycles. The molecule has 0 spiro atoms. The van der Waals surface area contributed by atoms with Crippen molar-refractivity contribution >= 4 is 16.7 Å². The minimum Gasteiger partial charge on any atom is -0.497 e. The van der Waals surface area contributed by atoms with Gasteiger partial charge in [0.05, 0.1) is 12.5 Å². The van der Waals surface area contributed by atoms with Crippen LogP contribution in [0.15, 0.2) is 93.2 Å². The second-order valence-corrected chi connectivity index (χ2v) is 6.69. The van der Waals surface area contributed by atoms with Gasteiger partial charge in [-0.05, 0) is 36.4 Å². The lowest BCUT2D eigenvalue weighted by Crippen LogP contribution is -2.18. The van der Waals surface area contributed by atoms with Gasteiger partial charge >= 0.3 is 0 Å². The number of hydrogen-bond acceptors (Lipinski definition) is 6. The van der Waals surface area contributed by atoms with Crippen molar-refractivity contribution in [1.29, 1.82) is 0 Å². The Morgan fingerprint density at radius 3 is 2.32 bits per heavy atom. The lowest BCUT2D eigenvalue weighted by molar-refractivity contribution is 0.210. The normalized spacial score (nSPS) is 11.4. The molecule has 0 saturated carbocycles. The Balaban J connectivity index is 1.75. The summed E-state index contributed by atoms with van der Waals surface area (Å²) in [6.45, 7) is 0.0170. The van der Waals surface area contributed by atoms with Crippen LogP contribution in [0.4, 0.5) is 0 Å². The summed E-state index contributed by atoms with van der Waals surface area (Å²) in [6, 6.07) is 23.8. The average molecular weight is 415 g/mol. The molecule has 4 rings (SSSR count). The van der Waals surface area contributed by atoms with Gasteiger partial charge in [0.25, 0.3) is 0 Å². The first-order valence-electron chi connectivity index (χ1n) is 9.69. The molecule has 0 amide bonds. The van der Waals surface area contributed by atoms with Crippen molar-refractivity contribution in [3.8, 4) is 22.8 Å². The molecule has 0 bridgehead atoms. The van der Waals surface area contributed by atoms with Gasteiger partial charge in [0.2, 0.25) is 11.2 Å². The quantitative estimate of drug-likeness (QED) is 0.317. The van der Waals surface area contributed by atoms with E-state index in [0.717, 1.165) is 16.9 Å². The fourth-order valence-corrected chi connectivity index (χ4v) is 3.23. The van der Waals surface area contributed by atoms with Gasteiger partial charge in [-0.25, -0.2) is 0 Å². The van der Waals surface area contributed by atoms with Crippen molar-refractivity contribution in [2.75, 3.05) is 20.8 Å². The summed E-state index contributed by atoms with van der Waals surface area (Å²) in [5, 5.41) is 4.53. The highest BCUT2D eigenvalue weighted by Crippen LogP contribution is 2.30. The van der Waals surface area contributed by atoms with E-state index in [0.29, 0.717) is 22.4 Å². The van der Waals surface area contributed by atoms with E-state index in [4.69, 9.17) is 18.7 Å². The van der Waals surface area contributed by atoms with Gasteiger partial charge in [-0.15, -0.1) is 0 Å². The molecule has 0 aliphatic carbocycles. The fraction of sp³-hybridized carbons (Fsp3) is 0.120. The third-order valence-corrected chi connectivity index (χ3v) is 4.77. The van der Waals surface area contributed by atoms with Crippen molar-refractivity contribution in [2.45, 2.75) is 0 Å². The van der Waals surface area contributed by atoms with Crippen LogP contribution < -0.4 is 14.9 Å². The maximum atomic E-state index is 13.2. The second kappa shape index (κ2) is 9.17. The molecule has 3 aromatic carbocycles. The van der Waals surface area contributed by atoms with Crippen LogP contribution in [0.2, 0.25) is 0 Å². The van der Waals surface area contributed by atoms with Gasteiger partial charge in [-0.1, -0.05) is 47.6 Å². The summed E-state index contributed by atoms with van der Waals surface area (Å²) < 4.78 is 17.3. The van der Waals surface area contributed by atoms with Gasteiger partial charge in [0.1, 0.15) is 30.8 Å². The van der Waals surface area contributed by atoms with Crippen LogP contribution in [0.25, 0.3) is 22.3 Å². The van der Waals surface area contributed by atoms with E-state index < -0.39 is 0 Å². The Bertz CT molecular complexity index is 1260. The van der Waals surface area contributed by atoms with Crippen LogP contribution in [0.3, 0.4) is 0 Å². The molecule has 0 atom stereocenters. The van der Waals surface area contributed by atoms with Crippen LogP contribution in [0.1, 0.15) is 5.56 Å². The molecule has 0 unspecified atom stereocenters. The van der Waals surface area contributed by atoms with Crippen LogP contribution in [0, 0.1) is 0 Å². The monoisotopic (exact) mass is 415 g/mol. The van der Waals surface area contributed by atoms with Gasteiger partial charge in [-0.3, -0.25) is 4.79 Å². The number of hydrogen-bond donors (Lipinski definition) is 0. The van der Waals surface area contributed by atoms with E-state index in [2.05, 4.69) is 5.16 Å². The Kier molecular flexibility index (Phi) is 5.98. The number of oxime groups is 1. The number of ether oxygens (including phenoxy) is 2. The minimum absolute atomic E-state index is 0.0170. The fourth-order valence-electron chi connectivity index (χ4n) is 3.23. The van der Waals surface area contributed by atoms with E-state index in [9.17, 15) is 4.79 Å². The zero-order valence-corrected chi connectivity index (χ0v) is 17.2. The molecule has 1 aromatic heterocycles. The van der Waals surface area contributed by atoms with Crippen molar-refractivity contribution in [3.63, 3.8) is 0 Å². The highest BCUT2D eigenvalue weighted by molar-refractivity contribution is 6.01. The number of nitrogens with zero attached hydrogens (tertiary/aromatic N) is 1. The predicted molar refractivity (Wildman–Crippen MR) is 120 cm³/mol. The number of para-hydroxylation sites is 1. The summed E-state index contributed by atoms with van der Waals surface area (Å²) in [5.74, 6) is 1.22. The van der Waals surface area contributed by atoms with Gasteiger partial charge < -0.3 is 18.7 Å². The smallest absolute Gasteiger partial charge is 0.235 e. The van der Waals surface area contributed by atoms with Gasteiger partial charge in [0, 0.05) is 11.1 Å². The summed E-state index contributed by atoms with van der Waals surface area (Å²) in [4.78, 5) is 18.2. The summed E-state index contributed by atoms with van der Waals surface area (Å²) in [5.41, 5.74) is 2.31. The zero-order chi connectivity index (χ0) is 21.6. The van der Waals surface area contributed by atoms with E-state index in [1.165, 1.54) is 7.11 Å². The van der Waals surface area contributed by atoms with Crippen molar-refractivity contribution < 1.29 is 18.7 Å². The van der Waals surface area contributed by atoms with Crippen LogP contribution in [-0.2, 0) is 4.84 Å². The van der Waals surface area contributed by atoms with Gasteiger partial charge in [-0.2, -0.15) is 0 Å². The molecule has 4 aromatic rings. The molecule has 0 N–H and O–H groups in total. The first-order chi connectivity index (χ1) is 15.2. The minimum atomic E-state index is -0.243. The molecular weight excluding hydrogens is 394 g/mol. The van der Waals surface area contributed by atoms with Crippen molar-refractivity contribution in [1.82, 2.24) is 0 Å². The van der Waals surface area contributed by atoms with E-state index in [1.54, 1.807) is 25.3 Å². The molecule has 156 valence electrons. The maximum absolute atomic E-state index is 13.2.